The lowest BCUT2D eigenvalue weighted by Crippen LogP contribution is -2.07. The first-order valence-corrected chi connectivity index (χ1v) is 7.23. The van der Waals surface area contributed by atoms with Crippen molar-refractivity contribution < 1.29 is 0 Å². The Kier molecular flexibility index (Phi) is 4.08. The molecule has 1 aromatic heterocycles. The Morgan fingerprint density at radius 2 is 1.84 bits per heavy atom. The first-order valence-electron chi connectivity index (χ1n) is 7.23. The summed E-state index contributed by atoms with van der Waals surface area (Å²) in [7, 11) is 0. The van der Waals surface area contributed by atoms with Crippen molar-refractivity contribution in [3.8, 4) is 0 Å². The smallest absolute Gasteiger partial charge is 0.0757 e. The van der Waals surface area contributed by atoms with Gasteiger partial charge >= 0.3 is 0 Å². The first kappa shape index (κ1) is 13.9. The van der Waals surface area contributed by atoms with Crippen molar-refractivity contribution in [3.05, 3.63) is 34.5 Å². The van der Waals surface area contributed by atoms with Crippen LogP contribution in [-0.2, 0) is 6.42 Å². The highest BCUT2D eigenvalue weighted by atomic mass is 14.9. The van der Waals surface area contributed by atoms with Gasteiger partial charge in [-0.25, -0.2) is 0 Å². The van der Waals surface area contributed by atoms with Crippen molar-refractivity contribution in [3.63, 3.8) is 0 Å². The van der Waals surface area contributed by atoms with E-state index >= 15 is 0 Å². The zero-order valence-electron chi connectivity index (χ0n) is 12.7. The summed E-state index contributed by atoms with van der Waals surface area (Å²) in [5, 5.41) is 4.87. The van der Waals surface area contributed by atoms with Crippen molar-refractivity contribution in [1.29, 1.82) is 0 Å². The van der Waals surface area contributed by atoms with E-state index in [0.717, 1.165) is 30.6 Å². The number of nitrogens with one attached hydrogen (secondary N) is 1. The zero-order valence-corrected chi connectivity index (χ0v) is 12.7. The maximum Gasteiger partial charge on any atom is 0.0757 e. The molecule has 1 aromatic carbocycles. The van der Waals surface area contributed by atoms with E-state index in [1.54, 1.807) is 0 Å². The van der Waals surface area contributed by atoms with Crippen LogP contribution >= 0.6 is 0 Å². The summed E-state index contributed by atoms with van der Waals surface area (Å²) in [4.78, 5) is 4.84. The monoisotopic (exact) mass is 256 g/mol. The van der Waals surface area contributed by atoms with Crippen LogP contribution in [0.25, 0.3) is 10.9 Å². The topological polar surface area (TPSA) is 24.9 Å². The molecule has 2 nitrogen and oxygen atoms in total. The van der Waals surface area contributed by atoms with Gasteiger partial charge in [-0.3, -0.25) is 4.98 Å². The Hall–Kier alpha value is -1.57. The molecular weight excluding hydrogens is 232 g/mol. The number of benzene rings is 1. The molecule has 0 spiro atoms. The highest BCUT2D eigenvalue weighted by Gasteiger charge is 2.13. The molecule has 0 saturated carbocycles. The van der Waals surface area contributed by atoms with Crippen LogP contribution in [0.2, 0.25) is 0 Å². The number of rotatable bonds is 4. The summed E-state index contributed by atoms with van der Waals surface area (Å²) in [5.74, 6) is 0. The van der Waals surface area contributed by atoms with Crippen molar-refractivity contribution in [2.45, 2.75) is 47.5 Å². The Morgan fingerprint density at radius 1 is 1.11 bits per heavy atom. The minimum atomic E-state index is 1.01. The average molecular weight is 256 g/mol. The molecule has 0 fully saturated rings. The Labute approximate surface area is 116 Å². The van der Waals surface area contributed by atoms with E-state index in [4.69, 9.17) is 4.98 Å². The number of nitrogens with zero attached hydrogens (tertiary/aromatic N) is 1. The van der Waals surface area contributed by atoms with Gasteiger partial charge in [0.15, 0.2) is 0 Å². The second-order valence-electron chi connectivity index (χ2n) is 5.23. The molecule has 0 amide bonds. The third-order valence-electron chi connectivity index (χ3n) is 3.89. The molecule has 0 unspecified atom stereocenters. The highest BCUT2D eigenvalue weighted by Crippen LogP contribution is 2.31. The molecule has 0 aliphatic rings. The van der Waals surface area contributed by atoms with Gasteiger partial charge in [-0.05, 0) is 50.3 Å². The van der Waals surface area contributed by atoms with E-state index in [9.17, 15) is 0 Å². The maximum atomic E-state index is 4.84. The van der Waals surface area contributed by atoms with Gasteiger partial charge in [0.05, 0.1) is 5.52 Å². The molecule has 0 bridgehead atoms. The summed E-state index contributed by atoms with van der Waals surface area (Å²) in [6, 6.07) is 4.41. The lowest BCUT2D eigenvalue weighted by atomic mass is 9.99. The lowest BCUT2D eigenvalue weighted by Gasteiger charge is -2.17. The molecule has 102 valence electrons. The van der Waals surface area contributed by atoms with Gasteiger partial charge in [-0.15, -0.1) is 0 Å². The van der Waals surface area contributed by atoms with Crippen LogP contribution in [0.15, 0.2) is 12.1 Å². The molecule has 2 aromatic rings. The molecule has 0 atom stereocenters. The third-order valence-corrected chi connectivity index (χ3v) is 3.89. The zero-order chi connectivity index (χ0) is 14.0. The van der Waals surface area contributed by atoms with Gasteiger partial charge in [0, 0.05) is 23.3 Å². The van der Waals surface area contributed by atoms with Gasteiger partial charge < -0.3 is 5.32 Å². The molecule has 0 radical (unpaired) electrons. The van der Waals surface area contributed by atoms with Crippen LogP contribution in [-0.4, -0.2) is 11.5 Å². The summed E-state index contributed by atoms with van der Waals surface area (Å²) in [5.41, 5.74) is 7.54. The van der Waals surface area contributed by atoms with E-state index < -0.39 is 0 Å². The fourth-order valence-corrected chi connectivity index (χ4v) is 2.61. The summed E-state index contributed by atoms with van der Waals surface area (Å²) in [6.07, 6.45) is 2.16. The first-order chi connectivity index (χ1) is 9.10. The Bertz CT molecular complexity index is 600. The molecule has 0 aliphatic heterocycles. The van der Waals surface area contributed by atoms with Gasteiger partial charge in [0.2, 0.25) is 0 Å². The molecule has 2 heteroatoms. The number of hydrogen-bond acceptors (Lipinski definition) is 2. The number of hydrogen-bond donors (Lipinski definition) is 1. The number of anilines is 1. The van der Waals surface area contributed by atoms with Crippen molar-refractivity contribution in [1.82, 2.24) is 4.98 Å². The maximum absolute atomic E-state index is 4.84. The van der Waals surface area contributed by atoms with Crippen LogP contribution < -0.4 is 5.32 Å². The molecule has 0 saturated heterocycles. The Morgan fingerprint density at radius 3 is 2.47 bits per heavy atom. The van der Waals surface area contributed by atoms with Crippen molar-refractivity contribution >= 4 is 16.6 Å². The van der Waals surface area contributed by atoms with Crippen LogP contribution in [0, 0.1) is 20.8 Å². The van der Waals surface area contributed by atoms with Crippen LogP contribution in [0.1, 0.15) is 42.7 Å². The van der Waals surface area contributed by atoms with Crippen molar-refractivity contribution in [2.75, 3.05) is 11.9 Å². The van der Waals surface area contributed by atoms with Crippen LogP contribution in [0.3, 0.4) is 0 Å². The highest BCUT2D eigenvalue weighted by molar-refractivity contribution is 5.95. The molecule has 1 heterocycles. The lowest BCUT2D eigenvalue weighted by molar-refractivity contribution is 0.968. The van der Waals surface area contributed by atoms with Crippen LogP contribution in [0.4, 0.5) is 5.69 Å². The number of fused-ring (bicyclic) bond motifs is 1. The summed E-state index contributed by atoms with van der Waals surface area (Å²) < 4.78 is 0. The van der Waals surface area contributed by atoms with E-state index in [-0.39, 0.29) is 0 Å². The number of pyridine rings is 1. The minimum absolute atomic E-state index is 1.01. The molecule has 2 rings (SSSR count). The van der Waals surface area contributed by atoms with Gasteiger partial charge in [-0.2, -0.15) is 0 Å². The Balaban J connectivity index is 2.75. The van der Waals surface area contributed by atoms with Gasteiger partial charge in [0.1, 0.15) is 0 Å². The minimum Gasteiger partial charge on any atom is -0.384 e. The second kappa shape index (κ2) is 5.60. The average Bonchev–Trinajstić information content (AvgIpc) is 2.40. The summed E-state index contributed by atoms with van der Waals surface area (Å²) >= 11 is 0. The predicted octanol–water partition coefficient (Wildman–Crippen LogP) is 4.54. The second-order valence-corrected chi connectivity index (χ2v) is 5.23. The standard InChI is InChI=1S/C17H24N2/c1-6-10-18-17-14(7-2)13(5)19-16-12(4)11(3)8-9-15(16)17/h8-9H,6-7,10H2,1-5H3,(H,18,19). The number of aryl methyl sites for hydroxylation is 3. The summed E-state index contributed by atoms with van der Waals surface area (Å²) in [6.45, 7) is 11.9. The molecule has 19 heavy (non-hydrogen) atoms. The van der Waals surface area contributed by atoms with Gasteiger partial charge in [-0.1, -0.05) is 26.0 Å². The fourth-order valence-electron chi connectivity index (χ4n) is 2.61. The van der Waals surface area contributed by atoms with E-state index in [1.807, 2.05) is 0 Å². The van der Waals surface area contributed by atoms with E-state index in [1.165, 1.54) is 27.8 Å². The van der Waals surface area contributed by atoms with Crippen molar-refractivity contribution in [2.24, 2.45) is 0 Å². The fraction of sp³-hybridized carbons (Fsp3) is 0.471. The predicted molar refractivity (Wildman–Crippen MR) is 84.1 cm³/mol. The third kappa shape index (κ3) is 2.44. The SMILES string of the molecule is CCCNc1c(CC)c(C)nc2c(C)c(C)ccc12. The van der Waals surface area contributed by atoms with E-state index in [0.29, 0.717) is 0 Å². The van der Waals surface area contributed by atoms with Gasteiger partial charge in [0.25, 0.3) is 0 Å². The molecule has 0 aliphatic carbocycles. The quantitative estimate of drug-likeness (QED) is 0.868. The largest absolute Gasteiger partial charge is 0.384 e. The molecule has 1 N–H and O–H groups in total. The van der Waals surface area contributed by atoms with Crippen LogP contribution in [0.5, 0.6) is 0 Å². The normalized spacial score (nSPS) is 11.0. The van der Waals surface area contributed by atoms with E-state index in [2.05, 4.69) is 52.1 Å². The molecular formula is C17H24N2. The number of aromatic nitrogens is 1.